The second-order valence-electron chi connectivity index (χ2n) is 6.79. The molecule has 0 aliphatic rings. The zero-order chi connectivity index (χ0) is 22.5. The highest BCUT2D eigenvalue weighted by atomic mass is 16.5. The van der Waals surface area contributed by atoms with Crippen LogP contribution in [0.4, 0.5) is 5.69 Å². The van der Waals surface area contributed by atoms with Crippen LogP contribution in [0.15, 0.2) is 65.5 Å². The molecule has 0 aliphatic heterocycles. The molecule has 3 aromatic heterocycles. The first-order chi connectivity index (χ1) is 15.6. The van der Waals surface area contributed by atoms with E-state index in [2.05, 4.69) is 15.4 Å². The fourth-order valence-corrected chi connectivity index (χ4v) is 3.29. The summed E-state index contributed by atoms with van der Waals surface area (Å²) in [6.07, 6.45) is 5.10. The van der Waals surface area contributed by atoms with Crippen molar-refractivity contribution in [1.29, 1.82) is 0 Å². The Bertz CT molecular complexity index is 1130. The van der Waals surface area contributed by atoms with Crippen LogP contribution in [0.25, 0.3) is 17.3 Å². The number of amides is 1. The summed E-state index contributed by atoms with van der Waals surface area (Å²) >= 11 is 0. The van der Waals surface area contributed by atoms with Gasteiger partial charge in [0.25, 0.3) is 0 Å². The maximum Gasteiger partial charge on any atom is 0.228 e. The maximum absolute atomic E-state index is 12.8. The lowest BCUT2D eigenvalue weighted by atomic mass is 10.1. The fourth-order valence-electron chi connectivity index (χ4n) is 3.29. The van der Waals surface area contributed by atoms with Crippen molar-refractivity contribution in [2.45, 2.75) is 6.42 Å². The van der Waals surface area contributed by atoms with Crippen LogP contribution >= 0.6 is 0 Å². The van der Waals surface area contributed by atoms with Crippen LogP contribution in [0, 0.1) is 0 Å². The molecule has 4 rings (SSSR count). The Morgan fingerprint density at radius 2 is 1.84 bits per heavy atom. The van der Waals surface area contributed by atoms with E-state index in [0.717, 1.165) is 0 Å². The molecule has 0 atom stereocenters. The zero-order valence-corrected chi connectivity index (χ0v) is 17.9. The van der Waals surface area contributed by atoms with Gasteiger partial charge in [0, 0.05) is 24.1 Å². The van der Waals surface area contributed by atoms with Gasteiger partial charge in [0.2, 0.25) is 11.7 Å². The number of nitrogens with one attached hydrogen (secondary N) is 1. The smallest absolute Gasteiger partial charge is 0.228 e. The molecule has 1 aromatic carbocycles. The van der Waals surface area contributed by atoms with Crippen LogP contribution < -0.4 is 19.5 Å². The Balaban J connectivity index is 1.61. The van der Waals surface area contributed by atoms with E-state index in [1.807, 2.05) is 0 Å². The Morgan fingerprint density at radius 3 is 2.44 bits per heavy atom. The van der Waals surface area contributed by atoms with Crippen molar-refractivity contribution >= 4 is 11.6 Å². The molecule has 0 unspecified atom stereocenters. The molecule has 0 aliphatic carbocycles. The van der Waals surface area contributed by atoms with Crippen molar-refractivity contribution < 1.29 is 23.4 Å². The normalized spacial score (nSPS) is 10.6. The summed E-state index contributed by atoms with van der Waals surface area (Å²) < 4.78 is 23.2. The number of nitrogens with zero attached hydrogens (tertiary/aromatic N) is 3. The first-order valence-corrected chi connectivity index (χ1v) is 9.76. The minimum absolute atomic E-state index is 0.103. The highest BCUT2D eigenvalue weighted by molar-refractivity contribution is 5.93. The monoisotopic (exact) mass is 434 g/mol. The van der Waals surface area contributed by atoms with E-state index in [-0.39, 0.29) is 12.3 Å². The van der Waals surface area contributed by atoms with Crippen LogP contribution in [0.5, 0.6) is 17.2 Å². The summed E-state index contributed by atoms with van der Waals surface area (Å²) in [5, 5.41) is 7.15. The largest absolute Gasteiger partial charge is 0.493 e. The Hall–Kier alpha value is -4.27. The van der Waals surface area contributed by atoms with Gasteiger partial charge >= 0.3 is 0 Å². The third kappa shape index (κ3) is 4.41. The number of carbonyl (C=O) groups is 1. The highest BCUT2D eigenvalue weighted by Crippen LogP contribution is 2.38. The van der Waals surface area contributed by atoms with E-state index >= 15 is 0 Å². The van der Waals surface area contributed by atoms with Crippen LogP contribution in [0.2, 0.25) is 0 Å². The van der Waals surface area contributed by atoms with Crippen LogP contribution in [0.1, 0.15) is 5.56 Å². The number of hydrogen-bond acceptors (Lipinski definition) is 7. The van der Waals surface area contributed by atoms with Gasteiger partial charge in [-0.25, -0.2) is 9.67 Å². The van der Waals surface area contributed by atoms with Crippen molar-refractivity contribution in [3.63, 3.8) is 0 Å². The average molecular weight is 434 g/mol. The summed E-state index contributed by atoms with van der Waals surface area (Å²) in [5.41, 5.74) is 1.85. The van der Waals surface area contributed by atoms with E-state index in [4.69, 9.17) is 18.6 Å². The lowest BCUT2D eigenvalue weighted by molar-refractivity contribution is -0.115. The number of hydrogen-bond donors (Lipinski definition) is 1. The average Bonchev–Trinajstić information content (AvgIpc) is 3.52. The minimum atomic E-state index is -0.220. The number of ether oxygens (including phenoxy) is 3. The summed E-state index contributed by atoms with van der Waals surface area (Å²) in [5.74, 6) is 2.35. The summed E-state index contributed by atoms with van der Waals surface area (Å²) in [6, 6.07) is 12.4. The van der Waals surface area contributed by atoms with E-state index in [0.29, 0.717) is 45.8 Å². The number of methoxy groups -OCH3 is 3. The molecule has 0 radical (unpaired) electrons. The van der Waals surface area contributed by atoms with E-state index in [9.17, 15) is 4.79 Å². The van der Waals surface area contributed by atoms with Crippen molar-refractivity contribution in [2.24, 2.45) is 0 Å². The molecule has 32 heavy (non-hydrogen) atoms. The Kier molecular flexibility index (Phi) is 6.07. The number of pyridine rings is 1. The van der Waals surface area contributed by atoms with Crippen molar-refractivity contribution in [3.05, 3.63) is 66.7 Å². The third-order valence-electron chi connectivity index (χ3n) is 4.70. The summed E-state index contributed by atoms with van der Waals surface area (Å²) in [6.45, 7) is 0. The standard InChI is InChI=1S/C23H22N4O5/c1-29-19-10-15(11-20(30-2)23(19)31-3)12-22(28)25-16-13-17(18-6-4-9-32-18)26-21(14-16)27-8-5-7-24-27/h4-11,13-14H,12H2,1-3H3,(H,25,26,28). The highest BCUT2D eigenvalue weighted by Gasteiger charge is 2.16. The summed E-state index contributed by atoms with van der Waals surface area (Å²) in [4.78, 5) is 17.4. The number of furan rings is 1. The molecule has 0 spiro atoms. The van der Waals surface area contributed by atoms with Gasteiger partial charge in [-0.3, -0.25) is 4.79 Å². The molecule has 4 aromatic rings. The van der Waals surface area contributed by atoms with Crippen LogP contribution in [-0.4, -0.2) is 42.0 Å². The Morgan fingerprint density at radius 1 is 1.06 bits per heavy atom. The molecule has 0 bridgehead atoms. The topological polar surface area (TPSA) is 101 Å². The van der Waals surface area contributed by atoms with Gasteiger partial charge in [-0.05, 0) is 42.0 Å². The van der Waals surface area contributed by atoms with Gasteiger partial charge in [0.1, 0.15) is 5.69 Å². The number of rotatable bonds is 8. The molecular formula is C23H22N4O5. The molecule has 0 saturated heterocycles. The van der Waals surface area contributed by atoms with Gasteiger partial charge in [0.15, 0.2) is 23.1 Å². The molecule has 3 heterocycles. The minimum Gasteiger partial charge on any atom is -0.493 e. The predicted octanol–water partition coefficient (Wildman–Crippen LogP) is 3.73. The summed E-state index contributed by atoms with van der Waals surface area (Å²) in [7, 11) is 4.60. The third-order valence-corrected chi connectivity index (χ3v) is 4.70. The quantitative estimate of drug-likeness (QED) is 0.451. The zero-order valence-electron chi connectivity index (χ0n) is 17.9. The van der Waals surface area contributed by atoms with Crippen molar-refractivity contribution in [3.8, 4) is 34.5 Å². The number of aromatic nitrogens is 3. The van der Waals surface area contributed by atoms with E-state index in [1.165, 1.54) is 21.3 Å². The second-order valence-corrected chi connectivity index (χ2v) is 6.79. The fraction of sp³-hybridized carbons (Fsp3) is 0.174. The number of anilines is 1. The van der Waals surface area contributed by atoms with Gasteiger partial charge in [-0.15, -0.1) is 0 Å². The SMILES string of the molecule is COc1cc(CC(=O)Nc2cc(-c3ccco3)nc(-n3cccn3)c2)cc(OC)c1OC. The maximum atomic E-state index is 12.8. The van der Waals surface area contributed by atoms with Crippen LogP contribution in [0.3, 0.4) is 0 Å². The molecule has 0 fully saturated rings. The molecular weight excluding hydrogens is 412 g/mol. The molecule has 9 nitrogen and oxygen atoms in total. The number of benzene rings is 1. The van der Waals surface area contributed by atoms with E-state index in [1.54, 1.807) is 65.8 Å². The first kappa shape index (κ1) is 21.0. The molecule has 1 N–H and O–H groups in total. The van der Waals surface area contributed by atoms with Gasteiger partial charge in [0.05, 0.1) is 34.0 Å². The predicted molar refractivity (Wildman–Crippen MR) is 117 cm³/mol. The van der Waals surface area contributed by atoms with Crippen molar-refractivity contribution in [2.75, 3.05) is 26.6 Å². The van der Waals surface area contributed by atoms with Gasteiger partial charge < -0.3 is 23.9 Å². The molecule has 9 heteroatoms. The number of carbonyl (C=O) groups excluding carboxylic acids is 1. The molecule has 0 saturated carbocycles. The van der Waals surface area contributed by atoms with Crippen LogP contribution in [-0.2, 0) is 11.2 Å². The van der Waals surface area contributed by atoms with E-state index < -0.39 is 0 Å². The lowest BCUT2D eigenvalue weighted by Crippen LogP contribution is -2.15. The Labute approximate surface area is 184 Å². The molecule has 164 valence electrons. The van der Waals surface area contributed by atoms with Crippen molar-refractivity contribution in [1.82, 2.24) is 14.8 Å². The van der Waals surface area contributed by atoms with Gasteiger partial charge in [-0.2, -0.15) is 5.10 Å². The lowest BCUT2D eigenvalue weighted by Gasteiger charge is -2.14. The second kappa shape index (κ2) is 9.25. The van der Waals surface area contributed by atoms with Gasteiger partial charge in [-0.1, -0.05) is 0 Å². The first-order valence-electron chi connectivity index (χ1n) is 9.76. The molecule has 1 amide bonds.